The van der Waals surface area contributed by atoms with Gasteiger partial charge in [0, 0.05) is 35.5 Å². The number of likely N-dealkylation sites (tertiary alicyclic amines) is 1. The second kappa shape index (κ2) is 10.6. The largest absolute Gasteiger partial charge is 0.492 e. The number of carbonyl (C=O) groups excluding carboxylic acids is 1. The number of anilines is 2. The number of imidazole rings is 1. The Morgan fingerprint density at radius 2 is 1.81 bits per heavy atom. The van der Waals surface area contributed by atoms with Crippen LogP contribution in [0.5, 0.6) is 5.75 Å². The van der Waals surface area contributed by atoms with Crippen molar-refractivity contribution >= 4 is 28.6 Å². The number of hydrogen-bond acceptors (Lipinski definition) is 6. The first-order chi connectivity index (χ1) is 17.8. The molecule has 2 amide bonds. The Balaban J connectivity index is 1.18. The monoisotopic (exact) mass is 502 g/mol. The van der Waals surface area contributed by atoms with Gasteiger partial charge in [-0.1, -0.05) is 32.3 Å². The number of ether oxygens (including phenoxy) is 1. The number of fused-ring (bicyclic) bond motifs is 1. The number of carbonyl (C=O) groups is 1. The summed E-state index contributed by atoms with van der Waals surface area (Å²) >= 11 is 0. The van der Waals surface area contributed by atoms with Gasteiger partial charge in [0.2, 0.25) is 0 Å². The van der Waals surface area contributed by atoms with Crippen LogP contribution in [0.15, 0.2) is 59.4 Å². The number of nitrogens with zero attached hydrogens (tertiary/aromatic N) is 4. The van der Waals surface area contributed by atoms with E-state index < -0.39 is 0 Å². The Bertz CT molecular complexity index is 1350. The number of urea groups is 1. The molecule has 9 heteroatoms. The van der Waals surface area contributed by atoms with Gasteiger partial charge in [0.1, 0.15) is 24.4 Å². The molecule has 0 aliphatic carbocycles. The molecular weight excluding hydrogens is 468 g/mol. The van der Waals surface area contributed by atoms with E-state index in [1.54, 1.807) is 12.4 Å². The highest BCUT2D eigenvalue weighted by Crippen LogP contribution is 2.25. The maximum absolute atomic E-state index is 12.4. The molecule has 1 fully saturated rings. The molecule has 2 N–H and O–H groups in total. The molecular formula is C28H34N6O3. The van der Waals surface area contributed by atoms with Gasteiger partial charge in [0.15, 0.2) is 5.82 Å². The molecule has 0 radical (unpaired) electrons. The topological polar surface area (TPSA) is 97.5 Å². The molecule has 0 bridgehead atoms. The van der Waals surface area contributed by atoms with Gasteiger partial charge in [-0.2, -0.15) is 0 Å². The molecule has 9 nitrogen and oxygen atoms in total. The number of aromatic nitrogens is 3. The summed E-state index contributed by atoms with van der Waals surface area (Å²) in [5.74, 6) is 1.91. The predicted molar refractivity (Wildman–Crippen MR) is 145 cm³/mol. The van der Waals surface area contributed by atoms with Crippen molar-refractivity contribution in [2.75, 3.05) is 36.9 Å². The van der Waals surface area contributed by atoms with Crippen molar-refractivity contribution in [1.29, 1.82) is 0 Å². The van der Waals surface area contributed by atoms with Gasteiger partial charge in [0.05, 0.1) is 11.0 Å². The highest BCUT2D eigenvalue weighted by atomic mass is 16.5. The molecule has 1 aliphatic heterocycles. The number of piperidine rings is 1. The van der Waals surface area contributed by atoms with E-state index >= 15 is 0 Å². The smallest absolute Gasteiger partial charge is 0.324 e. The number of amides is 2. The predicted octanol–water partition coefficient (Wildman–Crippen LogP) is 5.82. The number of benzene rings is 2. The zero-order valence-corrected chi connectivity index (χ0v) is 21.7. The highest BCUT2D eigenvalue weighted by Gasteiger charge is 2.20. The van der Waals surface area contributed by atoms with Crippen molar-refractivity contribution in [3.63, 3.8) is 0 Å². The lowest BCUT2D eigenvalue weighted by atomic mass is 9.93. The first-order valence-corrected chi connectivity index (χ1v) is 12.8. The molecule has 0 atom stereocenters. The number of hydrogen-bond donors (Lipinski definition) is 2. The van der Waals surface area contributed by atoms with Crippen LogP contribution in [-0.4, -0.2) is 51.9 Å². The Morgan fingerprint density at radius 1 is 1.03 bits per heavy atom. The summed E-state index contributed by atoms with van der Waals surface area (Å²) in [6.45, 7) is 10.0. The van der Waals surface area contributed by atoms with E-state index in [0.29, 0.717) is 23.9 Å². The second-order valence-electron chi connectivity index (χ2n) is 10.5. The number of rotatable bonds is 7. The van der Waals surface area contributed by atoms with Gasteiger partial charge >= 0.3 is 6.03 Å². The first kappa shape index (κ1) is 24.8. The summed E-state index contributed by atoms with van der Waals surface area (Å²) in [7, 11) is 0. The average Bonchev–Trinajstić information content (AvgIpc) is 3.52. The van der Waals surface area contributed by atoms with E-state index in [2.05, 4.69) is 25.7 Å². The Labute approximate surface area is 216 Å². The first-order valence-electron chi connectivity index (χ1n) is 12.8. The second-order valence-corrected chi connectivity index (χ2v) is 10.5. The fraction of sp³-hybridized carbons (Fsp3) is 0.393. The molecule has 0 spiro atoms. The highest BCUT2D eigenvalue weighted by molar-refractivity contribution is 5.99. The molecule has 2 aromatic carbocycles. The molecule has 4 aromatic rings. The van der Waals surface area contributed by atoms with Crippen LogP contribution in [0, 0.1) is 0 Å². The summed E-state index contributed by atoms with van der Waals surface area (Å²) in [6.07, 6.45) is 5.71. The lowest BCUT2D eigenvalue weighted by Gasteiger charge is -2.26. The van der Waals surface area contributed by atoms with Gasteiger partial charge < -0.3 is 14.6 Å². The Kier molecular flexibility index (Phi) is 7.14. The molecule has 0 unspecified atom stereocenters. The van der Waals surface area contributed by atoms with Crippen molar-refractivity contribution in [1.82, 2.24) is 19.6 Å². The normalized spacial score (nSPS) is 14.6. The fourth-order valence-corrected chi connectivity index (χ4v) is 4.44. The molecule has 0 saturated carbocycles. The summed E-state index contributed by atoms with van der Waals surface area (Å²) in [6, 6.07) is 14.9. The van der Waals surface area contributed by atoms with Gasteiger partial charge in [-0.25, -0.2) is 9.78 Å². The van der Waals surface area contributed by atoms with Crippen LogP contribution in [0.4, 0.5) is 16.3 Å². The lowest BCUT2D eigenvalue weighted by Crippen LogP contribution is -2.33. The molecule has 2 aromatic heterocycles. The molecule has 194 valence electrons. The van der Waals surface area contributed by atoms with Crippen LogP contribution >= 0.6 is 0 Å². The van der Waals surface area contributed by atoms with Gasteiger partial charge in [-0.05, 0) is 62.3 Å². The summed E-state index contributed by atoms with van der Waals surface area (Å²) < 4.78 is 13.3. The van der Waals surface area contributed by atoms with Crippen LogP contribution < -0.4 is 15.4 Å². The van der Waals surface area contributed by atoms with E-state index in [-0.39, 0.29) is 11.4 Å². The minimum atomic E-state index is -0.387. The van der Waals surface area contributed by atoms with Crippen molar-refractivity contribution < 1.29 is 14.1 Å². The summed E-state index contributed by atoms with van der Waals surface area (Å²) in [4.78, 5) is 19.4. The Hall–Kier alpha value is -3.85. The van der Waals surface area contributed by atoms with Crippen LogP contribution in [-0.2, 0) is 5.41 Å². The molecule has 5 rings (SSSR count). The SMILES string of the molecule is CC(C)(C)c1cc(NC(=O)Nc2ccc(-n3cnc4cc(OCCN5CCCCC5)ccc43)cc2)no1. The summed E-state index contributed by atoms with van der Waals surface area (Å²) in [5, 5.41) is 9.44. The average molecular weight is 503 g/mol. The van der Waals surface area contributed by atoms with E-state index in [9.17, 15) is 4.79 Å². The van der Waals surface area contributed by atoms with Crippen LogP contribution in [0.2, 0.25) is 0 Å². The zero-order valence-electron chi connectivity index (χ0n) is 21.7. The third-order valence-corrected chi connectivity index (χ3v) is 6.54. The third kappa shape index (κ3) is 6.11. The van der Waals surface area contributed by atoms with Crippen molar-refractivity contribution in [2.24, 2.45) is 0 Å². The minimum Gasteiger partial charge on any atom is -0.492 e. The van der Waals surface area contributed by atoms with E-state index in [4.69, 9.17) is 9.26 Å². The third-order valence-electron chi connectivity index (χ3n) is 6.54. The fourth-order valence-electron chi connectivity index (χ4n) is 4.44. The van der Waals surface area contributed by atoms with Gasteiger partial charge in [-0.15, -0.1) is 0 Å². The maximum Gasteiger partial charge on any atom is 0.324 e. The van der Waals surface area contributed by atoms with Crippen molar-refractivity contribution in [2.45, 2.75) is 45.4 Å². The van der Waals surface area contributed by atoms with Crippen LogP contribution in [0.1, 0.15) is 45.8 Å². The standard InChI is InChI=1S/C28H34N6O3/c1-28(2,3)25-18-26(32-37-25)31-27(35)30-20-7-9-21(10-8-20)34-19-29-23-17-22(11-12-24(23)34)36-16-15-33-13-5-4-6-14-33/h7-12,17-19H,4-6,13-16H2,1-3H3,(H2,30,31,32,35). The quantitative estimate of drug-likeness (QED) is 0.331. The minimum absolute atomic E-state index is 0.182. The van der Waals surface area contributed by atoms with E-state index in [0.717, 1.165) is 29.0 Å². The zero-order chi connectivity index (χ0) is 25.8. The summed E-state index contributed by atoms with van der Waals surface area (Å²) in [5.41, 5.74) is 3.29. The van der Waals surface area contributed by atoms with Gasteiger partial charge in [-0.3, -0.25) is 14.8 Å². The van der Waals surface area contributed by atoms with Gasteiger partial charge in [0.25, 0.3) is 0 Å². The van der Waals surface area contributed by atoms with E-state index in [1.165, 1.54) is 32.4 Å². The maximum atomic E-state index is 12.4. The van der Waals surface area contributed by atoms with Crippen LogP contribution in [0.3, 0.4) is 0 Å². The van der Waals surface area contributed by atoms with Crippen LogP contribution in [0.25, 0.3) is 16.7 Å². The molecule has 1 aliphatic rings. The Morgan fingerprint density at radius 3 is 2.54 bits per heavy atom. The van der Waals surface area contributed by atoms with Crippen molar-refractivity contribution in [3.8, 4) is 11.4 Å². The lowest BCUT2D eigenvalue weighted by molar-refractivity contribution is 0.183. The number of nitrogens with one attached hydrogen (secondary N) is 2. The van der Waals surface area contributed by atoms with E-state index in [1.807, 2.05) is 67.8 Å². The van der Waals surface area contributed by atoms with Crippen molar-refractivity contribution in [3.05, 3.63) is 60.6 Å². The molecule has 37 heavy (non-hydrogen) atoms. The molecule has 3 heterocycles. The molecule has 1 saturated heterocycles.